The number of halogens is 7. The molecule has 11 heteroatoms. The number of esters is 1. The zero-order chi connectivity index (χ0) is 19.8. The monoisotopic (exact) mass is 401 g/mol. The van der Waals surface area contributed by atoms with E-state index in [1.54, 1.807) is 6.07 Å². The van der Waals surface area contributed by atoms with Gasteiger partial charge < -0.3 is 9.15 Å². The Balaban J connectivity index is 2.66. The highest BCUT2D eigenvalue weighted by Crippen LogP contribution is 2.54. The second-order valence-corrected chi connectivity index (χ2v) is 5.45. The predicted octanol–water partition coefficient (Wildman–Crippen LogP) is 5.08. The maximum atomic E-state index is 14.4. The summed E-state index contributed by atoms with van der Waals surface area (Å²) in [5.74, 6) is -9.91. The van der Waals surface area contributed by atoms with Crippen LogP contribution in [0.5, 0.6) is 0 Å². The summed E-state index contributed by atoms with van der Waals surface area (Å²) in [7, 11) is 0. The Bertz CT molecular complexity index is 788. The average Bonchev–Trinajstić information content (AvgIpc) is 3.01. The number of carbonyl (C=O) groups excluding carboxylic acids is 1. The molecule has 1 heterocycles. The predicted molar refractivity (Wildman–Crippen MR) is 77.5 cm³/mol. The van der Waals surface area contributed by atoms with Crippen LogP contribution in [-0.4, -0.2) is 29.7 Å². The van der Waals surface area contributed by atoms with Crippen molar-refractivity contribution in [1.29, 1.82) is 0 Å². The van der Waals surface area contributed by atoms with Gasteiger partial charge in [0.15, 0.2) is 11.5 Å². The van der Waals surface area contributed by atoms with Crippen molar-refractivity contribution in [1.82, 2.24) is 4.98 Å². The van der Waals surface area contributed by atoms with E-state index in [1.807, 2.05) is 0 Å². The standard InChI is InChI=1S/C15H10ClF6NO3/c1-2-25-12(24)9-10(13(16,17)14(18,19)15(20,21)22)26-11(23-9)8-6-4-3-5-7-8/h3-7H,2H2,1H3. The number of alkyl halides is 7. The summed E-state index contributed by atoms with van der Waals surface area (Å²) < 4.78 is 88.5. The molecule has 1 aromatic heterocycles. The molecule has 0 saturated heterocycles. The lowest BCUT2D eigenvalue weighted by atomic mass is 10.1. The topological polar surface area (TPSA) is 52.3 Å². The lowest BCUT2D eigenvalue weighted by Gasteiger charge is -2.28. The molecular formula is C15H10ClF6NO3. The van der Waals surface area contributed by atoms with E-state index in [2.05, 4.69) is 9.72 Å². The number of nitrogens with zero attached hydrogens (tertiary/aromatic N) is 1. The zero-order valence-electron chi connectivity index (χ0n) is 12.9. The first-order valence-electron chi connectivity index (χ1n) is 6.99. The number of aromatic nitrogens is 1. The molecule has 1 atom stereocenters. The molecule has 0 fully saturated rings. The van der Waals surface area contributed by atoms with Crippen LogP contribution in [0.4, 0.5) is 26.3 Å². The molecule has 0 spiro atoms. The van der Waals surface area contributed by atoms with Gasteiger partial charge in [-0.15, -0.1) is 0 Å². The Morgan fingerprint density at radius 1 is 1.15 bits per heavy atom. The molecule has 26 heavy (non-hydrogen) atoms. The van der Waals surface area contributed by atoms with E-state index < -0.39 is 40.5 Å². The molecule has 0 aliphatic carbocycles. The summed E-state index contributed by atoms with van der Waals surface area (Å²) in [6.45, 7) is 1.06. The fourth-order valence-electron chi connectivity index (χ4n) is 1.90. The maximum absolute atomic E-state index is 14.4. The Morgan fingerprint density at radius 2 is 1.73 bits per heavy atom. The minimum atomic E-state index is -6.35. The van der Waals surface area contributed by atoms with Gasteiger partial charge in [-0.3, -0.25) is 0 Å². The first-order chi connectivity index (χ1) is 11.9. The number of hydrogen-bond acceptors (Lipinski definition) is 4. The van der Waals surface area contributed by atoms with Crippen molar-refractivity contribution >= 4 is 17.6 Å². The molecule has 142 valence electrons. The van der Waals surface area contributed by atoms with Gasteiger partial charge in [-0.25, -0.2) is 14.2 Å². The van der Waals surface area contributed by atoms with Gasteiger partial charge in [-0.1, -0.05) is 29.8 Å². The first kappa shape index (κ1) is 20.1. The van der Waals surface area contributed by atoms with Crippen LogP contribution in [-0.2, 0) is 9.86 Å². The quantitative estimate of drug-likeness (QED) is 0.398. The van der Waals surface area contributed by atoms with E-state index in [4.69, 9.17) is 16.0 Å². The molecule has 0 saturated carbocycles. The minimum Gasteiger partial charge on any atom is -0.461 e. The number of rotatable bonds is 5. The molecule has 0 bridgehead atoms. The van der Waals surface area contributed by atoms with Gasteiger partial charge in [0.2, 0.25) is 5.89 Å². The van der Waals surface area contributed by atoms with Crippen LogP contribution < -0.4 is 0 Å². The van der Waals surface area contributed by atoms with Crippen molar-refractivity contribution in [3.8, 4) is 11.5 Å². The Labute approximate surface area is 147 Å². The van der Waals surface area contributed by atoms with E-state index in [0.29, 0.717) is 0 Å². The van der Waals surface area contributed by atoms with Crippen LogP contribution in [0.15, 0.2) is 34.7 Å². The van der Waals surface area contributed by atoms with Crippen molar-refractivity contribution in [3.05, 3.63) is 41.8 Å². The van der Waals surface area contributed by atoms with Gasteiger partial charge in [0.1, 0.15) is 0 Å². The molecule has 4 nitrogen and oxygen atoms in total. The normalized spacial score (nSPS) is 14.8. The van der Waals surface area contributed by atoms with Crippen LogP contribution in [0.2, 0.25) is 0 Å². The number of ether oxygens (including phenoxy) is 1. The molecule has 0 radical (unpaired) electrons. The summed E-state index contributed by atoms with van der Waals surface area (Å²) in [6.07, 6.45) is -6.35. The molecule has 1 unspecified atom stereocenters. The smallest absolute Gasteiger partial charge is 0.458 e. The highest BCUT2D eigenvalue weighted by molar-refractivity contribution is 6.24. The molecule has 0 amide bonds. The Hall–Kier alpha value is -2.23. The van der Waals surface area contributed by atoms with Crippen LogP contribution in [0.1, 0.15) is 23.2 Å². The fourth-order valence-corrected chi connectivity index (χ4v) is 2.13. The van der Waals surface area contributed by atoms with E-state index in [9.17, 15) is 31.1 Å². The van der Waals surface area contributed by atoms with Crippen LogP contribution >= 0.6 is 11.6 Å². The number of hydrogen-bond donors (Lipinski definition) is 0. The van der Waals surface area contributed by atoms with E-state index in [-0.39, 0.29) is 12.2 Å². The molecule has 0 N–H and O–H groups in total. The maximum Gasteiger partial charge on any atom is 0.458 e. The van der Waals surface area contributed by atoms with Crippen molar-refractivity contribution in [3.63, 3.8) is 0 Å². The van der Waals surface area contributed by atoms with Gasteiger partial charge in [0, 0.05) is 5.56 Å². The lowest BCUT2D eigenvalue weighted by Crippen LogP contribution is -2.49. The first-order valence-corrected chi connectivity index (χ1v) is 7.37. The SMILES string of the molecule is CCOC(=O)c1nc(-c2ccccc2)oc1C(F)(Cl)C(F)(F)C(F)(F)F. The number of carbonyl (C=O) groups is 1. The lowest BCUT2D eigenvalue weighted by molar-refractivity contribution is -0.316. The summed E-state index contributed by atoms with van der Waals surface area (Å²) in [4.78, 5) is 15.3. The fraction of sp³-hybridized carbons (Fsp3) is 0.333. The molecule has 0 aliphatic heterocycles. The molecular weight excluding hydrogens is 392 g/mol. The van der Waals surface area contributed by atoms with Gasteiger partial charge >= 0.3 is 23.2 Å². The summed E-state index contributed by atoms with van der Waals surface area (Å²) in [5.41, 5.74) is -1.13. The van der Waals surface area contributed by atoms with Crippen molar-refractivity contribution in [2.24, 2.45) is 0 Å². The van der Waals surface area contributed by atoms with E-state index in [0.717, 1.165) is 0 Å². The second kappa shape index (κ2) is 6.82. The van der Waals surface area contributed by atoms with Gasteiger partial charge in [0.25, 0.3) is 0 Å². The van der Waals surface area contributed by atoms with Crippen LogP contribution in [0.3, 0.4) is 0 Å². The van der Waals surface area contributed by atoms with Gasteiger partial charge in [-0.05, 0) is 19.1 Å². The third-order valence-electron chi connectivity index (χ3n) is 3.15. The molecule has 2 aromatic rings. The zero-order valence-corrected chi connectivity index (χ0v) is 13.7. The van der Waals surface area contributed by atoms with Crippen molar-refractivity contribution < 1.29 is 40.3 Å². The summed E-state index contributed by atoms with van der Waals surface area (Å²) >= 11 is 4.91. The van der Waals surface area contributed by atoms with E-state index >= 15 is 0 Å². The highest BCUT2D eigenvalue weighted by Gasteiger charge is 2.74. The Kier molecular flexibility index (Phi) is 5.27. The molecule has 2 rings (SSSR count). The number of oxazole rings is 1. The number of benzene rings is 1. The summed E-state index contributed by atoms with van der Waals surface area (Å²) in [5, 5.41) is -4.92. The Morgan fingerprint density at radius 3 is 2.23 bits per heavy atom. The third-order valence-corrected chi connectivity index (χ3v) is 3.56. The van der Waals surface area contributed by atoms with Gasteiger partial charge in [0.05, 0.1) is 6.61 Å². The summed E-state index contributed by atoms with van der Waals surface area (Å²) in [6, 6.07) is 7.20. The van der Waals surface area contributed by atoms with Crippen molar-refractivity contribution in [2.45, 2.75) is 24.2 Å². The molecule has 1 aromatic carbocycles. The van der Waals surface area contributed by atoms with Crippen LogP contribution in [0.25, 0.3) is 11.5 Å². The highest BCUT2D eigenvalue weighted by atomic mass is 35.5. The van der Waals surface area contributed by atoms with Gasteiger partial charge in [-0.2, -0.15) is 22.0 Å². The molecule has 0 aliphatic rings. The average molecular weight is 402 g/mol. The van der Waals surface area contributed by atoms with E-state index in [1.165, 1.54) is 31.2 Å². The third kappa shape index (κ3) is 3.37. The largest absolute Gasteiger partial charge is 0.461 e. The van der Waals surface area contributed by atoms with Crippen LogP contribution in [0, 0.1) is 0 Å². The van der Waals surface area contributed by atoms with Crippen molar-refractivity contribution in [2.75, 3.05) is 6.61 Å². The second-order valence-electron chi connectivity index (χ2n) is 4.93. The minimum absolute atomic E-state index is 0.0899.